The van der Waals surface area contributed by atoms with Gasteiger partial charge in [0.1, 0.15) is 0 Å². The molecule has 0 unspecified atom stereocenters. The van der Waals surface area contributed by atoms with E-state index in [1.807, 2.05) is 30.3 Å². The molecule has 102 valence electrons. The van der Waals surface area contributed by atoms with Crippen LogP contribution in [0, 0.1) is 0 Å². The Balaban J connectivity index is 2.61. The van der Waals surface area contributed by atoms with Crippen LogP contribution in [0.3, 0.4) is 0 Å². The molecule has 0 bridgehead atoms. The van der Waals surface area contributed by atoms with E-state index in [2.05, 4.69) is 9.47 Å². The number of thioether (sulfide) groups is 1. The first-order chi connectivity index (χ1) is 9.17. The monoisotopic (exact) mass is 280 g/mol. The maximum absolute atomic E-state index is 11.5. The smallest absolute Gasteiger partial charge is 0.334 e. The molecule has 0 N–H and O–H groups in total. The van der Waals surface area contributed by atoms with Crippen molar-refractivity contribution in [2.45, 2.75) is 12.2 Å². The predicted molar refractivity (Wildman–Crippen MR) is 74.5 cm³/mol. The van der Waals surface area contributed by atoms with Gasteiger partial charge in [-0.3, -0.25) is 4.79 Å². The molecular weight excluding hydrogens is 264 g/mol. The number of benzene rings is 1. The normalized spacial score (nSPS) is 10.9. The summed E-state index contributed by atoms with van der Waals surface area (Å²) in [5.74, 6) is -0.245. The van der Waals surface area contributed by atoms with Gasteiger partial charge in [0.25, 0.3) is 0 Å². The fraction of sp³-hybridized carbons (Fsp3) is 0.286. The van der Waals surface area contributed by atoms with Crippen LogP contribution in [-0.4, -0.2) is 26.2 Å². The molecule has 0 amide bonds. The van der Waals surface area contributed by atoms with E-state index in [1.165, 1.54) is 26.0 Å². The van der Waals surface area contributed by atoms with E-state index in [4.69, 9.17) is 0 Å². The van der Waals surface area contributed by atoms with Crippen molar-refractivity contribution >= 4 is 23.7 Å². The third-order valence-electron chi connectivity index (χ3n) is 2.33. The molecule has 0 spiro atoms. The van der Waals surface area contributed by atoms with E-state index in [1.54, 1.807) is 5.41 Å². The van der Waals surface area contributed by atoms with Gasteiger partial charge in [-0.25, -0.2) is 4.79 Å². The van der Waals surface area contributed by atoms with Crippen LogP contribution in [0.2, 0.25) is 0 Å². The Hall–Kier alpha value is -1.75. The molecule has 0 saturated carbocycles. The van der Waals surface area contributed by atoms with Crippen LogP contribution < -0.4 is 0 Å². The number of carbonyl (C=O) groups excluding carboxylic acids is 2. The largest absolute Gasteiger partial charge is 0.469 e. The Kier molecular flexibility index (Phi) is 6.74. The Bertz CT molecular complexity index is 454. The Morgan fingerprint density at radius 3 is 2.42 bits per heavy atom. The van der Waals surface area contributed by atoms with Crippen LogP contribution in [-0.2, 0) is 24.8 Å². The second kappa shape index (κ2) is 8.37. The first-order valence-corrected chi connectivity index (χ1v) is 6.72. The molecule has 0 aliphatic heterocycles. The molecule has 4 nitrogen and oxygen atoms in total. The number of hydrogen-bond donors (Lipinski definition) is 0. The molecule has 0 aliphatic rings. The summed E-state index contributed by atoms with van der Waals surface area (Å²) < 4.78 is 9.18. The summed E-state index contributed by atoms with van der Waals surface area (Å²) in [6, 6.07) is 9.85. The lowest BCUT2D eigenvalue weighted by atomic mass is 10.2. The lowest BCUT2D eigenvalue weighted by Crippen LogP contribution is -2.10. The summed E-state index contributed by atoms with van der Waals surface area (Å²) in [6.07, 6.45) is -0.0784. The Labute approximate surface area is 116 Å². The van der Waals surface area contributed by atoms with Gasteiger partial charge in [0.15, 0.2) is 0 Å². The first kappa shape index (κ1) is 15.3. The number of hydrogen-bond acceptors (Lipinski definition) is 5. The fourth-order valence-corrected chi connectivity index (χ4v) is 2.18. The second-order valence-electron chi connectivity index (χ2n) is 3.68. The van der Waals surface area contributed by atoms with E-state index < -0.39 is 11.9 Å². The van der Waals surface area contributed by atoms with Crippen molar-refractivity contribution in [1.29, 1.82) is 0 Å². The lowest BCUT2D eigenvalue weighted by Gasteiger charge is -2.04. The molecule has 1 aromatic rings. The van der Waals surface area contributed by atoms with E-state index >= 15 is 0 Å². The maximum atomic E-state index is 11.5. The molecule has 0 fully saturated rings. The van der Waals surface area contributed by atoms with Crippen LogP contribution in [0.15, 0.2) is 41.3 Å². The molecular formula is C14H16O4S. The van der Waals surface area contributed by atoms with Gasteiger partial charge in [0.05, 0.1) is 26.2 Å². The van der Waals surface area contributed by atoms with Gasteiger partial charge in [0, 0.05) is 5.75 Å². The number of ether oxygens (including phenoxy) is 2. The molecule has 5 heteroatoms. The predicted octanol–water partition coefficient (Wildman–Crippen LogP) is 2.54. The van der Waals surface area contributed by atoms with Crippen molar-refractivity contribution in [3.63, 3.8) is 0 Å². The zero-order chi connectivity index (χ0) is 14.1. The van der Waals surface area contributed by atoms with Crippen molar-refractivity contribution in [1.82, 2.24) is 0 Å². The number of methoxy groups -OCH3 is 2. The van der Waals surface area contributed by atoms with Crippen molar-refractivity contribution in [2.24, 2.45) is 0 Å². The van der Waals surface area contributed by atoms with Gasteiger partial charge in [-0.2, -0.15) is 0 Å². The summed E-state index contributed by atoms with van der Waals surface area (Å²) in [5.41, 5.74) is 1.45. The summed E-state index contributed by atoms with van der Waals surface area (Å²) in [5, 5.41) is 1.65. The van der Waals surface area contributed by atoms with Crippen LogP contribution in [0.4, 0.5) is 0 Å². The molecule has 0 radical (unpaired) electrons. The topological polar surface area (TPSA) is 52.6 Å². The van der Waals surface area contributed by atoms with Gasteiger partial charge in [-0.15, -0.1) is 11.8 Å². The van der Waals surface area contributed by atoms with Crippen molar-refractivity contribution < 1.29 is 19.1 Å². The Morgan fingerprint density at radius 2 is 1.84 bits per heavy atom. The molecule has 0 aromatic heterocycles. The fourth-order valence-electron chi connectivity index (χ4n) is 1.33. The molecule has 0 atom stereocenters. The summed E-state index contributed by atoms with van der Waals surface area (Å²) in [6.45, 7) is 0. The number of esters is 2. The molecule has 1 rings (SSSR count). The minimum Gasteiger partial charge on any atom is -0.469 e. The van der Waals surface area contributed by atoms with E-state index in [9.17, 15) is 9.59 Å². The molecule has 0 heterocycles. The van der Waals surface area contributed by atoms with Crippen LogP contribution in [0.1, 0.15) is 12.0 Å². The van der Waals surface area contributed by atoms with Gasteiger partial charge in [0.2, 0.25) is 0 Å². The lowest BCUT2D eigenvalue weighted by molar-refractivity contribution is -0.143. The van der Waals surface area contributed by atoms with E-state index in [0.717, 1.165) is 11.3 Å². The average molecular weight is 280 g/mol. The second-order valence-corrected chi connectivity index (χ2v) is 4.54. The zero-order valence-corrected chi connectivity index (χ0v) is 11.7. The SMILES string of the molecule is COC(=O)C/C(=C\SCc1ccccc1)C(=O)OC. The molecule has 1 aromatic carbocycles. The average Bonchev–Trinajstić information content (AvgIpc) is 2.46. The number of carbonyl (C=O) groups is 2. The quantitative estimate of drug-likeness (QED) is 0.592. The van der Waals surface area contributed by atoms with Crippen molar-refractivity contribution in [2.75, 3.05) is 14.2 Å². The van der Waals surface area contributed by atoms with E-state index in [0.29, 0.717) is 5.57 Å². The highest BCUT2D eigenvalue weighted by atomic mass is 32.2. The molecule has 0 aliphatic carbocycles. The van der Waals surface area contributed by atoms with Gasteiger partial charge in [-0.1, -0.05) is 30.3 Å². The van der Waals surface area contributed by atoms with E-state index in [-0.39, 0.29) is 6.42 Å². The molecule has 0 saturated heterocycles. The highest BCUT2D eigenvalue weighted by Gasteiger charge is 2.14. The van der Waals surface area contributed by atoms with Crippen LogP contribution in [0.25, 0.3) is 0 Å². The van der Waals surface area contributed by atoms with Crippen LogP contribution in [0.5, 0.6) is 0 Å². The first-order valence-electron chi connectivity index (χ1n) is 5.67. The highest BCUT2D eigenvalue weighted by molar-refractivity contribution is 8.01. The minimum absolute atomic E-state index is 0.0784. The zero-order valence-electron chi connectivity index (χ0n) is 10.9. The summed E-state index contributed by atoms with van der Waals surface area (Å²) >= 11 is 1.44. The third kappa shape index (κ3) is 5.61. The summed E-state index contributed by atoms with van der Waals surface area (Å²) in [4.78, 5) is 22.7. The number of rotatable bonds is 6. The van der Waals surface area contributed by atoms with Crippen molar-refractivity contribution in [3.05, 3.63) is 46.9 Å². The van der Waals surface area contributed by atoms with Crippen LogP contribution >= 0.6 is 11.8 Å². The maximum Gasteiger partial charge on any atom is 0.334 e. The Morgan fingerprint density at radius 1 is 1.16 bits per heavy atom. The summed E-state index contributed by atoms with van der Waals surface area (Å²) in [7, 11) is 2.57. The van der Waals surface area contributed by atoms with Gasteiger partial charge in [-0.05, 0) is 11.0 Å². The highest BCUT2D eigenvalue weighted by Crippen LogP contribution is 2.17. The minimum atomic E-state index is -0.508. The van der Waals surface area contributed by atoms with Gasteiger partial charge >= 0.3 is 11.9 Å². The van der Waals surface area contributed by atoms with Gasteiger partial charge < -0.3 is 9.47 Å². The third-order valence-corrected chi connectivity index (χ3v) is 3.28. The standard InChI is InChI=1S/C14H16O4S/c1-17-13(15)8-12(14(16)18-2)10-19-9-11-6-4-3-5-7-11/h3-7,10H,8-9H2,1-2H3/b12-10+. The van der Waals surface area contributed by atoms with Crippen molar-refractivity contribution in [3.8, 4) is 0 Å². The molecule has 19 heavy (non-hydrogen) atoms.